The molecule has 2 atom stereocenters. The first kappa shape index (κ1) is 17.2. The lowest BCUT2D eigenvalue weighted by atomic mass is 10.2. The van der Waals surface area contributed by atoms with Gasteiger partial charge in [-0.05, 0) is 6.07 Å². The summed E-state index contributed by atoms with van der Waals surface area (Å²) in [5.74, 6) is 2.54. The molecule has 2 aliphatic rings. The molecule has 26 heavy (non-hydrogen) atoms. The molecule has 0 aliphatic carbocycles. The summed E-state index contributed by atoms with van der Waals surface area (Å²) < 4.78 is 13.4. The summed E-state index contributed by atoms with van der Waals surface area (Å²) in [5.41, 5.74) is 1.19. The van der Waals surface area contributed by atoms with Crippen molar-refractivity contribution in [3.63, 3.8) is 0 Å². The zero-order chi connectivity index (χ0) is 17.9. The maximum absolute atomic E-state index is 5.71. The van der Waals surface area contributed by atoms with E-state index in [1.165, 1.54) is 5.69 Å². The normalized spacial score (nSPS) is 22.5. The molecule has 0 spiro atoms. The molecule has 0 unspecified atom stereocenters. The zero-order valence-corrected chi connectivity index (χ0v) is 15.2. The van der Waals surface area contributed by atoms with E-state index in [4.69, 9.17) is 9.47 Å². The number of rotatable bonds is 6. The molecule has 0 saturated carbocycles. The number of fused-ring (bicyclic) bond motifs is 1. The molecule has 0 radical (unpaired) electrons. The first-order valence-electron chi connectivity index (χ1n) is 8.91. The summed E-state index contributed by atoms with van der Waals surface area (Å²) in [6, 6.07) is 2.16. The maximum atomic E-state index is 5.71. The van der Waals surface area contributed by atoms with E-state index in [9.17, 15) is 0 Å². The standard InChI is InChI=1S/C17H25N7O2/c1-18-17-19-4-3-15(22-17)23-9-13(14(10-23)25-2)20-7-12-8-21-16-11-26-6-5-24(12)16/h3-4,8,13-14,20H,5-7,9-11H2,1-2H3,(H,18,19,22)/t13-,14+/m1/s1. The van der Waals surface area contributed by atoms with E-state index in [0.29, 0.717) is 12.6 Å². The van der Waals surface area contributed by atoms with Crippen LogP contribution in [-0.4, -0.2) is 65.5 Å². The van der Waals surface area contributed by atoms with Gasteiger partial charge in [0.05, 0.1) is 24.4 Å². The Labute approximate surface area is 152 Å². The van der Waals surface area contributed by atoms with E-state index in [1.807, 2.05) is 19.3 Å². The fourth-order valence-corrected chi connectivity index (χ4v) is 3.58. The molecule has 2 aromatic heterocycles. The van der Waals surface area contributed by atoms with Gasteiger partial charge < -0.3 is 29.6 Å². The van der Waals surface area contributed by atoms with Crippen LogP contribution in [0.2, 0.25) is 0 Å². The van der Waals surface area contributed by atoms with Gasteiger partial charge >= 0.3 is 0 Å². The molecule has 0 bridgehead atoms. The monoisotopic (exact) mass is 359 g/mol. The Morgan fingerprint density at radius 1 is 1.35 bits per heavy atom. The van der Waals surface area contributed by atoms with Gasteiger partial charge in [0.1, 0.15) is 18.2 Å². The summed E-state index contributed by atoms with van der Waals surface area (Å²) in [5, 5.41) is 6.62. The van der Waals surface area contributed by atoms with Crippen molar-refractivity contribution in [1.29, 1.82) is 0 Å². The number of anilines is 2. The molecule has 2 N–H and O–H groups in total. The molecule has 9 nitrogen and oxygen atoms in total. The highest BCUT2D eigenvalue weighted by Gasteiger charge is 2.33. The predicted molar refractivity (Wildman–Crippen MR) is 97.1 cm³/mol. The van der Waals surface area contributed by atoms with Gasteiger partial charge in [-0.2, -0.15) is 4.98 Å². The van der Waals surface area contributed by atoms with Crippen LogP contribution in [0.15, 0.2) is 18.5 Å². The van der Waals surface area contributed by atoms with Crippen LogP contribution in [0.25, 0.3) is 0 Å². The average molecular weight is 359 g/mol. The summed E-state index contributed by atoms with van der Waals surface area (Å²) in [7, 11) is 3.59. The third-order valence-corrected chi connectivity index (χ3v) is 5.01. The van der Waals surface area contributed by atoms with Crippen LogP contribution >= 0.6 is 0 Å². The molecule has 0 aromatic carbocycles. The lowest BCUT2D eigenvalue weighted by Crippen LogP contribution is -2.40. The molecular formula is C17H25N7O2. The van der Waals surface area contributed by atoms with E-state index >= 15 is 0 Å². The van der Waals surface area contributed by atoms with Gasteiger partial charge in [0.25, 0.3) is 0 Å². The van der Waals surface area contributed by atoms with Crippen LogP contribution in [0.5, 0.6) is 0 Å². The number of aromatic nitrogens is 4. The minimum Gasteiger partial charge on any atom is -0.378 e. The fraction of sp³-hybridized carbons (Fsp3) is 0.588. The summed E-state index contributed by atoms with van der Waals surface area (Å²) in [4.78, 5) is 15.4. The van der Waals surface area contributed by atoms with Crippen molar-refractivity contribution in [2.24, 2.45) is 0 Å². The van der Waals surface area contributed by atoms with Crippen molar-refractivity contribution in [3.8, 4) is 0 Å². The summed E-state index contributed by atoms with van der Waals surface area (Å²) in [6.07, 6.45) is 3.82. The minimum absolute atomic E-state index is 0.107. The van der Waals surface area contributed by atoms with Crippen molar-refractivity contribution in [2.75, 3.05) is 44.1 Å². The van der Waals surface area contributed by atoms with Gasteiger partial charge in [-0.15, -0.1) is 0 Å². The topological polar surface area (TPSA) is 89.4 Å². The average Bonchev–Trinajstić information content (AvgIpc) is 3.30. The second-order valence-corrected chi connectivity index (χ2v) is 6.52. The number of hydrogen-bond donors (Lipinski definition) is 2. The first-order valence-corrected chi connectivity index (χ1v) is 8.91. The Hall–Kier alpha value is -2.23. The second-order valence-electron chi connectivity index (χ2n) is 6.52. The number of imidazole rings is 1. The minimum atomic E-state index is 0.107. The fourth-order valence-electron chi connectivity index (χ4n) is 3.58. The van der Waals surface area contributed by atoms with Crippen LogP contribution in [0.4, 0.5) is 11.8 Å². The Morgan fingerprint density at radius 3 is 3.12 bits per heavy atom. The lowest BCUT2D eigenvalue weighted by molar-refractivity contribution is 0.0797. The lowest BCUT2D eigenvalue weighted by Gasteiger charge is -2.20. The smallest absolute Gasteiger partial charge is 0.224 e. The van der Waals surface area contributed by atoms with E-state index in [0.717, 1.165) is 44.4 Å². The molecule has 1 fully saturated rings. The highest BCUT2D eigenvalue weighted by Crippen LogP contribution is 2.21. The van der Waals surface area contributed by atoms with Crippen molar-refractivity contribution >= 4 is 11.8 Å². The van der Waals surface area contributed by atoms with Crippen molar-refractivity contribution in [2.45, 2.75) is 31.8 Å². The quantitative estimate of drug-likeness (QED) is 0.758. The van der Waals surface area contributed by atoms with Crippen LogP contribution in [0, 0.1) is 0 Å². The van der Waals surface area contributed by atoms with E-state index in [1.54, 1.807) is 13.3 Å². The zero-order valence-electron chi connectivity index (χ0n) is 15.2. The van der Waals surface area contributed by atoms with Crippen molar-refractivity contribution in [3.05, 3.63) is 30.0 Å². The first-order chi connectivity index (χ1) is 12.8. The second kappa shape index (κ2) is 7.56. The number of ether oxygens (including phenoxy) is 2. The molecule has 140 valence electrons. The van der Waals surface area contributed by atoms with Crippen LogP contribution in [0.3, 0.4) is 0 Å². The SMILES string of the molecule is CNc1nccc(N2C[C@H](OC)[C@H](NCc3cnc4n3CCOC4)C2)n1. The molecule has 1 saturated heterocycles. The van der Waals surface area contributed by atoms with Gasteiger partial charge in [-0.3, -0.25) is 0 Å². The van der Waals surface area contributed by atoms with Crippen LogP contribution < -0.4 is 15.5 Å². The van der Waals surface area contributed by atoms with Crippen molar-refractivity contribution in [1.82, 2.24) is 24.8 Å². The van der Waals surface area contributed by atoms with E-state index in [2.05, 4.69) is 35.1 Å². The van der Waals surface area contributed by atoms with Gasteiger partial charge in [-0.1, -0.05) is 0 Å². The Bertz CT molecular complexity index is 750. The number of nitrogens with zero attached hydrogens (tertiary/aromatic N) is 5. The van der Waals surface area contributed by atoms with Crippen LogP contribution in [0.1, 0.15) is 11.5 Å². The Balaban J connectivity index is 1.42. The molecule has 2 aromatic rings. The van der Waals surface area contributed by atoms with Crippen LogP contribution in [-0.2, 0) is 29.2 Å². The summed E-state index contributed by atoms with van der Waals surface area (Å²) >= 11 is 0. The number of hydrogen-bond acceptors (Lipinski definition) is 8. The molecule has 9 heteroatoms. The van der Waals surface area contributed by atoms with Gasteiger partial charge in [-0.25, -0.2) is 9.97 Å². The molecule has 0 amide bonds. The third-order valence-electron chi connectivity index (χ3n) is 5.01. The van der Waals surface area contributed by atoms with E-state index in [-0.39, 0.29) is 12.1 Å². The van der Waals surface area contributed by atoms with Gasteiger partial charge in [0.2, 0.25) is 5.95 Å². The van der Waals surface area contributed by atoms with Gasteiger partial charge in [0.15, 0.2) is 0 Å². The Morgan fingerprint density at radius 2 is 2.27 bits per heavy atom. The molecular weight excluding hydrogens is 334 g/mol. The van der Waals surface area contributed by atoms with Crippen molar-refractivity contribution < 1.29 is 9.47 Å². The maximum Gasteiger partial charge on any atom is 0.224 e. The van der Waals surface area contributed by atoms with E-state index < -0.39 is 0 Å². The number of nitrogens with one attached hydrogen (secondary N) is 2. The van der Waals surface area contributed by atoms with Gasteiger partial charge in [0, 0.05) is 52.7 Å². The highest BCUT2D eigenvalue weighted by molar-refractivity contribution is 5.44. The number of methoxy groups -OCH3 is 1. The predicted octanol–water partition coefficient (Wildman–Crippen LogP) is 0.238. The molecule has 4 heterocycles. The summed E-state index contributed by atoms with van der Waals surface area (Å²) in [6.45, 7) is 4.60. The highest BCUT2D eigenvalue weighted by atomic mass is 16.5. The molecule has 4 rings (SSSR count). The molecule has 2 aliphatic heterocycles. The largest absolute Gasteiger partial charge is 0.378 e. The Kier molecular flexibility index (Phi) is 5.00. The third kappa shape index (κ3) is 3.37.